The summed E-state index contributed by atoms with van der Waals surface area (Å²) in [5, 5.41) is 7.05. The molecule has 1 aromatic carbocycles. The van der Waals surface area contributed by atoms with Crippen LogP contribution in [0.3, 0.4) is 0 Å². The van der Waals surface area contributed by atoms with Crippen LogP contribution < -0.4 is 9.80 Å². The molecule has 0 radical (unpaired) electrons. The predicted octanol–water partition coefficient (Wildman–Crippen LogP) is 2.62. The summed E-state index contributed by atoms with van der Waals surface area (Å²) in [5.74, 6) is 0.416. The minimum atomic E-state index is 0.0559. The van der Waals surface area contributed by atoms with Gasteiger partial charge >= 0.3 is 0 Å². The number of carbonyl (C=O) groups is 2. The Kier molecular flexibility index (Phi) is 4.03. The number of benzene rings is 1. The maximum Gasteiger partial charge on any atom is 0.227 e. The molecule has 0 fully saturated rings. The lowest BCUT2D eigenvalue weighted by Gasteiger charge is -2.26. The number of rotatable bonds is 3. The summed E-state index contributed by atoms with van der Waals surface area (Å²) in [6, 6.07) is 8.01. The molecule has 2 aliphatic heterocycles. The van der Waals surface area contributed by atoms with Crippen LogP contribution in [0.4, 0.5) is 11.4 Å². The van der Waals surface area contributed by atoms with Crippen LogP contribution >= 0.6 is 0 Å². The Balaban J connectivity index is 1.46. The lowest BCUT2D eigenvalue weighted by molar-refractivity contribution is -0.119. The second-order valence-corrected chi connectivity index (χ2v) is 6.81. The summed E-state index contributed by atoms with van der Waals surface area (Å²) in [4.78, 5) is 28.3. The van der Waals surface area contributed by atoms with Crippen molar-refractivity contribution < 1.29 is 9.59 Å². The molecular weight excluding hydrogens is 316 g/mol. The van der Waals surface area contributed by atoms with Gasteiger partial charge in [0, 0.05) is 38.0 Å². The van der Waals surface area contributed by atoms with Crippen molar-refractivity contribution in [2.24, 2.45) is 0 Å². The van der Waals surface area contributed by atoms with Gasteiger partial charge in [-0.05, 0) is 30.9 Å². The Hall–Kier alpha value is -2.63. The van der Waals surface area contributed by atoms with Crippen LogP contribution in [-0.4, -0.2) is 35.1 Å². The summed E-state index contributed by atoms with van der Waals surface area (Å²) in [6.07, 6.45) is 4.89. The fourth-order valence-corrected chi connectivity index (χ4v) is 3.99. The number of amides is 2. The van der Waals surface area contributed by atoms with Gasteiger partial charge < -0.3 is 9.80 Å². The van der Waals surface area contributed by atoms with Gasteiger partial charge in [0.05, 0.1) is 17.6 Å². The van der Waals surface area contributed by atoms with Crippen LogP contribution in [0.1, 0.15) is 43.4 Å². The number of para-hydroxylation sites is 1. The lowest BCUT2D eigenvalue weighted by Crippen LogP contribution is -2.35. The Bertz CT molecular complexity index is 813. The Morgan fingerprint density at radius 2 is 2.08 bits per heavy atom. The van der Waals surface area contributed by atoms with Crippen molar-refractivity contribution in [1.29, 1.82) is 0 Å². The third-order valence-corrected chi connectivity index (χ3v) is 5.25. The molecule has 3 heterocycles. The van der Waals surface area contributed by atoms with Gasteiger partial charge in [-0.15, -0.1) is 0 Å². The summed E-state index contributed by atoms with van der Waals surface area (Å²) >= 11 is 0. The Morgan fingerprint density at radius 1 is 1.24 bits per heavy atom. The fraction of sp³-hybridized carbons (Fsp3) is 0.421. The molecule has 0 saturated carbocycles. The molecule has 0 bridgehead atoms. The second kappa shape index (κ2) is 6.35. The molecule has 2 aromatic rings. The topological polar surface area (TPSA) is 69.3 Å². The number of aromatic amines is 1. The first-order valence-corrected chi connectivity index (χ1v) is 8.85. The molecule has 2 amide bonds. The number of anilines is 2. The van der Waals surface area contributed by atoms with Gasteiger partial charge in [-0.1, -0.05) is 18.2 Å². The molecule has 2 aliphatic rings. The van der Waals surface area contributed by atoms with Gasteiger partial charge in [0.25, 0.3) is 0 Å². The number of hydrogen-bond acceptors (Lipinski definition) is 3. The van der Waals surface area contributed by atoms with Crippen LogP contribution in [0.15, 0.2) is 30.5 Å². The number of nitrogens with zero attached hydrogens (tertiary/aromatic N) is 3. The molecule has 0 spiro atoms. The largest absolute Gasteiger partial charge is 0.312 e. The number of hydrogen-bond donors (Lipinski definition) is 1. The summed E-state index contributed by atoms with van der Waals surface area (Å²) < 4.78 is 0. The maximum atomic E-state index is 12.7. The minimum Gasteiger partial charge on any atom is -0.312 e. The third-order valence-electron chi connectivity index (χ3n) is 5.25. The van der Waals surface area contributed by atoms with Gasteiger partial charge in [0.2, 0.25) is 11.8 Å². The smallest absolute Gasteiger partial charge is 0.227 e. The molecule has 1 N–H and O–H groups in total. The highest BCUT2D eigenvalue weighted by molar-refractivity contribution is 5.95. The van der Waals surface area contributed by atoms with Crippen molar-refractivity contribution in [3.63, 3.8) is 0 Å². The van der Waals surface area contributed by atoms with Crippen LogP contribution in [0.5, 0.6) is 0 Å². The van der Waals surface area contributed by atoms with E-state index < -0.39 is 0 Å². The van der Waals surface area contributed by atoms with Gasteiger partial charge in [0.1, 0.15) is 0 Å². The molecule has 1 unspecified atom stereocenters. The van der Waals surface area contributed by atoms with Crippen molar-refractivity contribution in [1.82, 2.24) is 10.2 Å². The quantitative estimate of drug-likeness (QED) is 0.935. The van der Waals surface area contributed by atoms with Crippen molar-refractivity contribution in [2.45, 2.75) is 38.5 Å². The normalized spacial score (nSPS) is 18.8. The number of nitrogens with one attached hydrogen (secondary N) is 1. The van der Waals surface area contributed by atoms with E-state index in [-0.39, 0.29) is 17.7 Å². The fourth-order valence-electron chi connectivity index (χ4n) is 3.99. The average molecular weight is 338 g/mol. The van der Waals surface area contributed by atoms with Crippen molar-refractivity contribution in [3.8, 4) is 0 Å². The standard InChI is InChI=1S/C19H22N4O2/c1-13(24)23-12-14(15-5-2-3-7-17(15)23)8-9-19(25)22-10-4-6-16-18(22)11-20-21-16/h2-3,5,7,11,14H,4,6,8-10,12H2,1H3,(H,20,21). The number of aryl methyl sites for hydroxylation is 1. The molecule has 0 aliphatic carbocycles. The van der Waals surface area contributed by atoms with E-state index in [0.717, 1.165) is 42.9 Å². The first-order valence-electron chi connectivity index (χ1n) is 8.85. The molecule has 6 nitrogen and oxygen atoms in total. The Labute approximate surface area is 146 Å². The zero-order chi connectivity index (χ0) is 17.4. The van der Waals surface area contributed by atoms with E-state index in [4.69, 9.17) is 0 Å². The highest BCUT2D eigenvalue weighted by Gasteiger charge is 2.31. The number of carbonyl (C=O) groups excluding carboxylic acids is 2. The van der Waals surface area contributed by atoms with Gasteiger partial charge in [-0.25, -0.2) is 0 Å². The molecular formula is C19H22N4O2. The molecule has 4 rings (SSSR count). The van der Waals surface area contributed by atoms with Crippen molar-refractivity contribution in [2.75, 3.05) is 22.9 Å². The number of fused-ring (bicyclic) bond motifs is 2. The SMILES string of the molecule is CC(=O)N1CC(CCC(=O)N2CCCc3[nH]ncc32)c2ccccc21. The van der Waals surface area contributed by atoms with E-state index in [0.29, 0.717) is 13.0 Å². The van der Waals surface area contributed by atoms with Gasteiger partial charge in [-0.3, -0.25) is 14.7 Å². The number of aromatic nitrogens is 2. The van der Waals surface area contributed by atoms with Crippen LogP contribution in [-0.2, 0) is 16.0 Å². The molecule has 25 heavy (non-hydrogen) atoms. The first-order chi connectivity index (χ1) is 12.1. The van der Waals surface area contributed by atoms with Gasteiger partial charge in [-0.2, -0.15) is 5.10 Å². The first kappa shape index (κ1) is 15.9. The second-order valence-electron chi connectivity index (χ2n) is 6.81. The molecule has 6 heteroatoms. The lowest BCUT2D eigenvalue weighted by atomic mass is 9.96. The van der Waals surface area contributed by atoms with Crippen LogP contribution in [0.25, 0.3) is 0 Å². The van der Waals surface area contributed by atoms with E-state index in [1.807, 2.05) is 28.0 Å². The minimum absolute atomic E-state index is 0.0559. The summed E-state index contributed by atoms with van der Waals surface area (Å²) in [5.41, 5.74) is 4.14. The van der Waals surface area contributed by atoms with Crippen LogP contribution in [0, 0.1) is 0 Å². The van der Waals surface area contributed by atoms with Crippen molar-refractivity contribution in [3.05, 3.63) is 41.7 Å². The summed E-state index contributed by atoms with van der Waals surface area (Å²) in [6.45, 7) is 3.02. The number of H-pyrrole nitrogens is 1. The molecule has 130 valence electrons. The zero-order valence-electron chi connectivity index (χ0n) is 14.4. The van der Waals surface area contributed by atoms with E-state index in [9.17, 15) is 9.59 Å². The predicted molar refractivity (Wildman–Crippen MR) is 95.7 cm³/mol. The average Bonchev–Trinajstić information content (AvgIpc) is 3.24. The maximum absolute atomic E-state index is 12.7. The monoisotopic (exact) mass is 338 g/mol. The molecule has 0 saturated heterocycles. The highest BCUT2D eigenvalue weighted by Crippen LogP contribution is 2.39. The van der Waals surface area contributed by atoms with Crippen LogP contribution in [0.2, 0.25) is 0 Å². The van der Waals surface area contributed by atoms with E-state index in [2.05, 4.69) is 16.3 Å². The molecule has 1 atom stereocenters. The van der Waals surface area contributed by atoms with E-state index >= 15 is 0 Å². The van der Waals surface area contributed by atoms with Gasteiger partial charge in [0.15, 0.2) is 0 Å². The zero-order valence-corrected chi connectivity index (χ0v) is 14.4. The highest BCUT2D eigenvalue weighted by atomic mass is 16.2. The summed E-state index contributed by atoms with van der Waals surface area (Å²) in [7, 11) is 0. The Morgan fingerprint density at radius 3 is 2.92 bits per heavy atom. The van der Waals surface area contributed by atoms with Crippen molar-refractivity contribution >= 4 is 23.2 Å². The third kappa shape index (κ3) is 2.81. The molecule has 1 aromatic heterocycles. The van der Waals surface area contributed by atoms with E-state index in [1.165, 1.54) is 5.56 Å². The van der Waals surface area contributed by atoms with E-state index in [1.54, 1.807) is 13.1 Å².